The van der Waals surface area contributed by atoms with Gasteiger partial charge in [0.1, 0.15) is 0 Å². The number of aliphatic hydroxyl groups is 1. The van der Waals surface area contributed by atoms with E-state index in [9.17, 15) is 8.78 Å². The average molecular weight is 298 g/mol. The Kier molecular flexibility index (Phi) is 6.08. The van der Waals surface area contributed by atoms with Crippen LogP contribution in [0.2, 0.25) is 0 Å². The summed E-state index contributed by atoms with van der Waals surface area (Å²) in [6.45, 7) is 1.76. The van der Waals surface area contributed by atoms with Gasteiger partial charge < -0.3 is 15.7 Å². The third-order valence-corrected chi connectivity index (χ3v) is 4.30. The van der Waals surface area contributed by atoms with E-state index in [2.05, 4.69) is 4.90 Å². The summed E-state index contributed by atoms with van der Waals surface area (Å²) in [5.41, 5.74) is 6.26. The molecule has 3 N–H and O–H groups in total. The highest BCUT2D eigenvalue weighted by Gasteiger charge is 2.25. The van der Waals surface area contributed by atoms with Crippen LogP contribution in [-0.2, 0) is 0 Å². The molecule has 1 aliphatic rings. The summed E-state index contributed by atoms with van der Waals surface area (Å²) in [5.74, 6) is -1.69. The van der Waals surface area contributed by atoms with E-state index in [1.165, 1.54) is 25.3 Å². The molecule has 5 heteroatoms. The van der Waals surface area contributed by atoms with Crippen molar-refractivity contribution in [3.63, 3.8) is 0 Å². The molecule has 0 bridgehead atoms. The van der Waals surface area contributed by atoms with E-state index in [0.717, 1.165) is 25.6 Å². The second-order valence-electron chi connectivity index (χ2n) is 5.74. The maximum absolute atomic E-state index is 13.7. The van der Waals surface area contributed by atoms with Gasteiger partial charge >= 0.3 is 0 Å². The Morgan fingerprint density at radius 1 is 1.29 bits per heavy atom. The van der Waals surface area contributed by atoms with Gasteiger partial charge in [-0.05, 0) is 31.7 Å². The van der Waals surface area contributed by atoms with E-state index in [-0.39, 0.29) is 12.2 Å². The molecule has 1 aromatic rings. The van der Waals surface area contributed by atoms with E-state index < -0.39 is 17.7 Å². The Bertz CT molecular complexity index is 452. The van der Waals surface area contributed by atoms with Crippen LogP contribution in [0.4, 0.5) is 8.78 Å². The van der Waals surface area contributed by atoms with Gasteiger partial charge in [-0.1, -0.05) is 18.6 Å². The molecule has 0 radical (unpaired) electrons. The predicted octanol–water partition coefficient (Wildman–Crippen LogP) is 2.59. The quantitative estimate of drug-likeness (QED) is 0.775. The molecular weight excluding hydrogens is 274 g/mol. The summed E-state index contributed by atoms with van der Waals surface area (Å²) in [5, 5.41) is 8.97. The number of hydrogen-bond acceptors (Lipinski definition) is 3. The van der Waals surface area contributed by atoms with Gasteiger partial charge in [0.05, 0.1) is 0 Å². The molecule has 1 saturated carbocycles. The summed E-state index contributed by atoms with van der Waals surface area (Å²) >= 11 is 0. The predicted molar refractivity (Wildman–Crippen MR) is 78.8 cm³/mol. The van der Waals surface area contributed by atoms with Crippen LogP contribution in [0.25, 0.3) is 0 Å². The second-order valence-corrected chi connectivity index (χ2v) is 5.74. The maximum atomic E-state index is 13.7. The summed E-state index contributed by atoms with van der Waals surface area (Å²) in [6, 6.07) is 4.19. The molecule has 0 aromatic heterocycles. The smallest absolute Gasteiger partial charge is 0.163 e. The summed E-state index contributed by atoms with van der Waals surface area (Å²) in [7, 11) is 0. The van der Waals surface area contributed by atoms with Gasteiger partial charge in [-0.15, -0.1) is 0 Å². The van der Waals surface area contributed by atoms with Crippen molar-refractivity contribution in [3.8, 4) is 0 Å². The lowest BCUT2D eigenvalue weighted by molar-refractivity contribution is 0.113. The van der Waals surface area contributed by atoms with Crippen molar-refractivity contribution in [1.82, 2.24) is 4.90 Å². The molecule has 1 atom stereocenters. The van der Waals surface area contributed by atoms with Gasteiger partial charge in [0.15, 0.2) is 11.6 Å². The van der Waals surface area contributed by atoms with Crippen molar-refractivity contribution in [2.24, 2.45) is 5.73 Å². The van der Waals surface area contributed by atoms with Gasteiger partial charge in [-0.3, -0.25) is 0 Å². The number of aliphatic hydroxyl groups excluding tert-OH is 1. The van der Waals surface area contributed by atoms with Crippen molar-refractivity contribution in [2.45, 2.75) is 44.2 Å². The molecule has 0 heterocycles. The third kappa shape index (κ3) is 4.22. The average Bonchev–Trinajstić information content (AvgIpc) is 2.42. The Morgan fingerprint density at radius 2 is 2.05 bits per heavy atom. The lowest BCUT2D eigenvalue weighted by Gasteiger charge is -2.38. The van der Waals surface area contributed by atoms with Gasteiger partial charge in [0.25, 0.3) is 0 Å². The molecule has 0 aliphatic heterocycles. The Morgan fingerprint density at radius 3 is 2.67 bits per heavy atom. The molecule has 3 nitrogen and oxygen atoms in total. The summed E-state index contributed by atoms with van der Waals surface area (Å²) < 4.78 is 26.9. The zero-order valence-electron chi connectivity index (χ0n) is 12.3. The highest BCUT2D eigenvalue weighted by atomic mass is 19.2. The number of nitrogens with two attached hydrogens (primary N) is 1. The molecule has 0 spiro atoms. The van der Waals surface area contributed by atoms with Crippen molar-refractivity contribution in [2.75, 3.05) is 19.7 Å². The van der Waals surface area contributed by atoms with Crippen molar-refractivity contribution in [1.29, 1.82) is 0 Å². The second kappa shape index (κ2) is 7.82. The van der Waals surface area contributed by atoms with E-state index in [4.69, 9.17) is 10.8 Å². The first kappa shape index (κ1) is 16.3. The highest BCUT2D eigenvalue weighted by molar-refractivity contribution is 5.22. The van der Waals surface area contributed by atoms with Crippen LogP contribution < -0.4 is 5.73 Å². The molecule has 1 unspecified atom stereocenters. The van der Waals surface area contributed by atoms with E-state index in [1.54, 1.807) is 6.07 Å². The first-order valence-corrected chi connectivity index (χ1v) is 7.68. The number of hydrogen-bond donors (Lipinski definition) is 2. The summed E-state index contributed by atoms with van der Waals surface area (Å²) in [4.78, 5) is 2.32. The normalized spacial score (nSPS) is 17.0. The number of benzene rings is 1. The van der Waals surface area contributed by atoms with E-state index in [1.807, 2.05) is 0 Å². The maximum Gasteiger partial charge on any atom is 0.163 e. The fraction of sp³-hybridized carbons (Fsp3) is 0.625. The van der Waals surface area contributed by atoms with Crippen molar-refractivity contribution in [3.05, 3.63) is 35.4 Å². The largest absolute Gasteiger partial charge is 0.396 e. The molecule has 1 aliphatic carbocycles. The minimum atomic E-state index is -0.848. The number of halogens is 2. The highest BCUT2D eigenvalue weighted by Crippen LogP contribution is 2.26. The molecule has 2 rings (SSSR count). The molecule has 1 fully saturated rings. The first-order chi connectivity index (χ1) is 10.1. The Labute approximate surface area is 124 Å². The fourth-order valence-corrected chi connectivity index (χ4v) is 2.77. The molecule has 0 saturated heterocycles. The van der Waals surface area contributed by atoms with Crippen LogP contribution in [0, 0.1) is 11.6 Å². The van der Waals surface area contributed by atoms with Crippen LogP contribution >= 0.6 is 0 Å². The molecule has 21 heavy (non-hydrogen) atoms. The van der Waals surface area contributed by atoms with Gasteiger partial charge in [0.2, 0.25) is 0 Å². The van der Waals surface area contributed by atoms with Crippen molar-refractivity contribution < 1.29 is 13.9 Å². The first-order valence-electron chi connectivity index (χ1n) is 7.68. The van der Waals surface area contributed by atoms with Gasteiger partial charge in [-0.25, -0.2) is 8.78 Å². The van der Waals surface area contributed by atoms with Crippen molar-refractivity contribution >= 4 is 0 Å². The van der Waals surface area contributed by atoms with E-state index in [0.29, 0.717) is 12.5 Å². The fourth-order valence-electron chi connectivity index (χ4n) is 2.77. The minimum Gasteiger partial charge on any atom is -0.396 e. The molecule has 1 aromatic carbocycles. The zero-order valence-corrected chi connectivity index (χ0v) is 12.3. The number of nitrogens with zero attached hydrogens (tertiary/aromatic N) is 1. The van der Waals surface area contributed by atoms with Crippen LogP contribution in [0.1, 0.15) is 43.7 Å². The lowest BCUT2D eigenvalue weighted by atomic mass is 9.91. The lowest BCUT2D eigenvalue weighted by Crippen LogP contribution is -2.42. The monoisotopic (exact) mass is 298 g/mol. The van der Waals surface area contributed by atoms with E-state index >= 15 is 0 Å². The van der Waals surface area contributed by atoms with Gasteiger partial charge in [0, 0.05) is 37.3 Å². The van der Waals surface area contributed by atoms with Gasteiger partial charge in [-0.2, -0.15) is 0 Å². The summed E-state index contributed by atoms with van der Waals surface area (Å²) in [6.07, 6.45) is 4.91. The topological polar surface area (TPSA) is 49.5 Å². The standard InChI is InChI=1S/C16H24F2N2O/c17-14-7-2-6-13(16(14)18)15(19)8-10-20(9-3-11-21)12-4-1-5-12/h2,6-7,12,15,21H,1,3-5,8-11,19H2. The number of rotatable bonds is 8. The SMILES string of the molecule is NC(CCN(CCCO)C1CCC1)c1cccc(F)c1F. The third-order valence-electron chi connectivity index (χ3n) is 4.30. The molecule has 0 amide bonds. The zero-order chi connectivity index (χ0) is 15.2. The van der Waals surface area contributed by atoms with Crippen LogP contribution in [0.3, 0.4) is 0 Å². The van der Waals surface area contributed by atoms with Crippen LogP contribution in [0.5, 0.6) is 0 Å². The van der Waals surface area contributed by atoms with Crippen LogP contribution in [0.15, 0.2) is 18.2 Å². The van der Waals surface area contributed by atoms with Crippen LogP contribution in [-0.4, -0.2) is 35.7 Å². The molecule has 118 valence electrons. The Hall–Kier alpha value is -1.04. The minimum absolute atomic E-state index is 0.174. The molecular formula is C16H24F2N2O. The Balaban J connectivity index is 1.91.